The molecule has 13 heavy (non-hydrogen) atoms. The molecule has 5 heteroatoms. The number of aromatic nitrogens is 2. The fourth-order valence-corrected chi connectivity index (χ4v) is 1.61. The largest absolute Gasteiger partial charge is 0.383 e. The van der Waals surface area contributed by atoms with Crippen molar-refractivity contribution >= 4 is 40.2 Å². The van der Waals surface area contributed by atoms with Crippen LogP contribution in [0.3, 0.4) is 0 Å². The molecule has 0 atom stereocenters. The Kier molecular flexibility index (Phi) is 4.24. The highest BCUT2D eigenvalue weighted by atomic mass is 127. The highest BCUT2D eigenvalue weighted by Gasteiger charge is 2.02. The Morgan fingerprint density at radius 3 is 2.85 bits per heavy atom. The van der Waals surface area contributed by atoms with Crippen molar-refractivity contribution in [1.29, 1.82) is 0 Å². The Labute approximate surface area is 96.1 Å². The van der Waals surface area contributed by atoms with Gasteiger partial charge >= 0.3 is 0 Å². The number of halogens is 1. The lowest BCUT2D eigenvalue weighted by Crippen LogP contribution is -2.01. The Bertz CT molecular complexity index is 291. The minimum absolute atomic E-state index is 0.579. The third-order valence-electron chi connectivity index (χ3n) is 1.37. The highest BCUT2D eigenvalue weighted by molar-refractivity contribution is 14.1. The molecule has 0 aromatic carbocycles. The minimum Gasteiger partial charge on any atom is -0.383 e. The molecule has 0 aliphatic carbocycles. The van der Waals surface area contributed by atoms with Crippen LogP contribution in [0, 0.1) is 3.57 Å². The van der Waals surface area contributed by atoms with Crippen LogP contribution >= 0.6 is 34.4 Å². The van der Waals surface area contributed by atoms with Gasteiger partial charge in [-0.15, -0.1) is 0 Å². The average Bonchev–Trinajstić information content (AvgIpc) is 2.07. The van der Waals surface area contributed by atoms with Crippen molar-refractivity contribution in [2.45, 2.75) is 24.9 Å². The lowest BCUT2D eigenvalue weighted by Gasteiger charge is -2.04. The highest BCUT2D eigenvalue weighted by Crippen LogP contribution is 2.16. The van der Waals surface area contributed by atoms with Gasteiger partial charge in [-0.3, -0.25) is 0 Å². The molecule has 2 N–H and O–H groups in total. The van der Waals surface area contributed by atoms with E-state index in [9.17, 15) is 0 Å². The normalized spacial score (nSPS) is 10.8. The molecule has 0 saturated heterocycles. The zero-order chi connectivity index (χ0) is 9.84. The van der Waals surface area contributed by atoms with E-state index in [1.54, 1.807) is 6.20 Å². The van der Waals surface area contributed by atoms with Gasteiger partial charge in [0.1, 0.15) is 11.6 Å². The van der Waals surface area contributed by atoms with Crippen LogP contribution in [0.15, 0.2) is 6.20 Å². The summed E-state index contributed by atoms with van der Waals surface area (Å²) < 4.78 is 0.913. The third kappa shape index (κ3) is 3.68. The standard InChI is InChI=1S/C8H12IN3S/c1-5(2)13-4-7-11-3-6(9)8(10)12-7/h3,5H,4H2,1-2H3,(H2,10,11,12). The maximum absolute atomic E-state index is 5.66. The molecule has 1 heterocycles. The summed E-state index contributed by atoms with van der Waals surface area (Å²) in [5.41, 5.74) is 5.66. The molecule has 0 fully saturated rings. The van der Waals surface area contributed by atoms with Crippen LogP contribution in [0.2, 0.25) is 0 Å². The van der Waals surface area contributed by atoms with Gasteiger partial charge in [-0.2, -0.15) is 11.8 Å². The molecule has 1 aromatic heterocycles. The quantitative estimate of drug-likeness (QED) is 0.871. The van der Waals surface area contributed by atoms with Gasteiger partial charge in [-0.25, -0.2) is 9.97 Å². The van der Waals surface area contributed by atoms with Crippen LogP contribution in [0.25, 0.3) is 0 Å². The monoisotopic (exact) mass is 309 g/mol. The van der Waals surface area contributed by atoms with Gasteiger partial charge in [-0.05, 0) is 27.8 Å². The van der Waals surface area contributed by atoms with Gasteiger partial charge in [0.05, 0.1) is 9.32 Å². The topological polar surface area (TPSA) is 51.8 Å². The van der Waals surface area contributed by atoms with Gasteiger partial charge in [0.25, 0.3) is 0 Å². The number of nitrogen functional groups attached to an aromatic ring is 1. The van der Waals surface area contributed by atoms with E-state index in [0.717, 1.165) is 15.1 Å². The predicted molar refractivity (Wildman–Crippen MR) is 65.6 cm³/mol. The van der Waals surface area contributed by atoms with E-state index in [4.69, 9.17) is 5.73 Å². The zero-order valence-corrected chi connectivity index (χ0v) is 10.6. The number of nitrogens with two attached hydrogens (primary N) is 1. The van der Waals surface area contributed by atoms with Gasteiger partial charge < -0.3 is 5.73 Å². The molecule has 0 unspecified atom stereocenters. The Morgan fingerprint density at radius 2 is 2.31 bits per heavy atom. The first-order valence-corrected chi connectivity index (χ1v) is 6.11. The summed E-state index contributed by atoms with van der Waals surface area (Å²) in [7, 11) is 0. The van der Waals surface area contributed by atoms with Crippen LogP contribution in [-0.4, -0.2) is 15.2 Å². The molecule has 1 rings (SSSR count). The van der Waals surface area contributed by atoms with E-state index in [2.05, 4.69) is 46.4 Å². The van der Waals surface area contributed by atoms with E-state index in [1.165, 1.54) is 0 Å². The molecule has 0 amide bonds. The summed E-state index contributed by atoms with van der Waals surface area (Å²) in [4.78, 5) is 8.37. The molecule has 0 saturated carbocycles. The Morgan fingerprint density at radius 1 is 1.62 bits per heavy atom. The Balaban J connectivity index is 2.63. The summed E-state index contributed by atoms with van der Waals surface area (Å²) in [6, 6.07) is 0. The summed E-state index contributed by atoms with van der Waals surface area (Å²) in [5.74, 6) is 2.23. The van der Waals surface area contributed by atoms with Crippen molar-refractivity contribution in [3.05, 3.63) is 15.6 Å². The summed E-state index contributed by atoms with van der Waals surface area (Å²) >= 11 is 3.94. The van der Waals surface area contributed by atoms with Crippen molar-refractivity contribution in [2.24, 2.45) is 0 Å². The van der Waals surface area contributed by atoms with Crippen LogP contribution < -0.4 is 5.73 Å². The van der Waals surface area contributed by atoms with E-state index in [-0.39, 0.29) is 0 Å². The van der Waals surface area contributed by atoms with Gasteiger partial charge in [0, 0.05) is 6.20 Å². The minimum atomic E-state index is 0.579. The second-order valence-electron chi connectivity index (χ2n) is 2.88. The lowest BCUT2D eigenvalue weighted by atomic mass is 10.5. The maximum Gasteiger partial charge on any atom is 0.140 e. The van der Waals surface area contributed by atoms with Crippen molar-refractivity contribution in [3.8, 4) is 0 Å². The third-order valence-corrected chi connectivity index (χ3v) is 3.29. The molecular weight excluding hydrogens is 297 g/mol. The van der Waals surface area contributed by atoms with Crippen LogP contribution in [0.5, 0.6) is 0 Å². The summed E-state index contributed by atoms with van der Waals surface area (Å²) in [6.45, 7) is 4.31. The number of thioether (sulfide) groups is 1. The van der Waals surface area contributed by atoms with Crippen LogP contribution in [-0.2, 0) is 5.75 Å². The SMILES string of the molecule is CC(C)SCc1ncc(I)c(N)n1. The smallest absolute Gasteiger partial charge is 0.140 e. The van der Waals surface area contributed by atoms with Crippen molar-refractivity contribution in [1.82, 2.24) is 9.97 Å². The van der Waals surface area contributed by atoms with Crippen molar-refractivity contribution in [3.63, 3.8) is 0 Å². The number of rotatable bonds is 3. The molecule has 1 aromatic rings. The molecule has 3 nitrogen and oxygen atoms in total. The fourth-order valence-electron chi connectivity index (χ4n) is 0.729. The summed E-state index contributed by atoms with van der Waals surface area (Å²) in [6.07, 6.45) is 1.76. The molecule has 0 radical (unpaired) electrons. The molecule has 0 bridgehead atoms. The lowest BCUT2D eigenvalue weighted by molar-refractivity contribution is 1.02. The van der Waals surface area contributed by atoms with E-state index >= 15 is 0 Å². The number of hydrogen-bond acceptors (Lipinski definition) is 4. The van der Waals surface area contributed by atoms with Crippen molar-refractivity contribution < 1.29 is 0 Å². The number of anilines is 1. The number of hydrogen-bond donors (Lipinski definition) is 1. The predicted octanol–water partition coefficient (Wildman–Crippen LogP) is 2.31. The maximum atomic E-state index is 5.66. The summed E-state index contributed by atoms with van der Waals surface area (Å²) in [5, 5.41) is 0.601. The first-order valence-electron chi connectivity index (χ1n) is 3.98. The van der Waals surface area contributed by atoms with Gasteiger partial charge in [0.2, 0.25) is 0 Å². The molecule has 72 valence electrons. The Hall–Kier alpha value is -0.0400. The average molecular weight is 309 g/mol. The van der Waals surface area contributed by atoms with Crippen LogP contribution in [0.4, 0.5) is 5.82 Å². The molecule has 0 spiro atoms. The second kappa shape index (κ2) is 4.99. The molecular formula is C8H12IN3S. The second-order valence-corrected chi connectivity index (χ2v) is 5.61. The van der Waals surface area contributed by atoms with Gasteiger partial charge in [-0.1, -0.05) is 13.8 Å². The fraction of sp³-hybridized carbons (Fsp3) is 0.500. The molecule has 0 aliphatic rings. The van der Waals surface area contributed by atoms with Crippen LogP contribution in [0.1, 0.15) is 19.7 Å². The zero-order valence-electron chi connectivity index (χ0n) is 7.62. The van der Waals surface area contributed by atoms with Gasteiger partial charge in [0.15, 0.2) is 0 Å². The van der Waals surface area contributed by atoms with E-state index in [1.807, 2.05) is 11.8 Å². The van der Waals surface area contributed by atoms with E-state index in [0.29, 0.717) is 11.1 Å². The van der Waals surface area contributed by atoms with Crippen molar-refractivity contribution in [2.75, 3.05) is 5.73 Å². The first kappa shape index (κ1) is 11.0. The first-order chi connectivity index (χ1) is 6.09. The number of nitrogens with zero attached hydrogens (tertiary/aromatic N) is 2. The molecule has 0 aliphatic heterocycles. The van der Waals surface area contributed by atoms with E-state index < -0.39 is 0 Å².